The number of amides is 1. The molecule has 1 aliphatic heterocycles. The number of hydrogen-bond acceptors (Lipinski definition) is 6. The van der Waals surface area contributed by atoms with Gasteiger partial charge in [-0.15, -0.1) is 10.2 Å². The molecule has 0 bridgehead atoms. The van der Waals surface area contributed by atoms with Gasteiger partial charge in [0, 0.05) is 30.4 Å². The number of piperidine rings is 1. The van der Waals surface area contributed by atoms with Crippen molar-refractivity contribution in [1.29, 1.82) is 0 Å². The van der Waals surface area contributed by atoms with Crippen molar-refractivity contribution in [3.05, 3.63) is 81.4 Å². The molecule has 38 heavy (non-hydrogen) atoms. The number of nitrogens with one attached hydrogen (secondary N) is 1. The normalized spacial score (nSPS) is 14.3. The van der Waals surface area contributed by atoms with Crippen molar-refractivity contribution in [3.63, 3.8) is 0 Å². The molecule has 3 aromatic carbocycles. The lowest BCUT2D eigenvalue weighted by Gasteiger charge is -2.31. The Morgan fingerprint density at radius 3 is 2.32 bits per heavy atom. The highest BCUT2D eigenvalue weighted by Crippen LogP contribution is 2.33. The predicted octanol–water partition coefficient (Wildman–Crippen LogP) is 6.25. The summed E-state index contributed by atoms with van der Waals surface area (Å²) in [4.78, 5) is 28.2. The largest absolute Gasteiger partial charge is 0.366 e. The first-order valence-corrected chi connectivity index (χ1v) is 13.0. The van der Waals surface area contributed by atoms with E-state index in [9.17, 15) is 14.9 Å². The minimum absolute atomic E-state index is 0.0502. The van der Waals surface area contributed by atoms with Gasteiger partial charge in [-0.3, -0.25) is 14.9 Å². The van der Waals surface area contributed by atoms with Gasteiger partial charge < -0.3 is 10.2 Å². The molecule has 0 saturated carbocycles. The van der Waals surface area contributed by atoms with Crippen LogP contribution in [0.15, 0.2) is 54.6 Å². The Balaban J connectivity index is 1.38. The number of rotatable bonds is 6. The van der Waals surface area contributed by atoms with E-state index in [0.29, 0.717) is 34.2 Å². The Kier molecular flexibility index (Phi) is 6.84. The second-order valence-electron chi connectivity index (χ2n) is 10.5. The number of carbonyl (C=O) groups excluding carboxylic acids is 1. The van der Waals surface area contributed by atoms with Crippen molar-refractivity contribution in [2.75, 3.05) is 23.3 Å². The van der Waals surface area contributed by atoms with Crippen LogP contribution in [-0.2, 0) is 0 Å². The van der Waals surface area contributed by atoms with Crippen molar-refractivity contribution in [2.45, 2.75) is 46.5 Å². The Labute approximate surface area is 221 Å². The van der Waals surface area contributed by atoms with Crippen LogP contribution >= 0.6 is 0 Å². The van der Waals surface area contributed by atoms with Crippen LogP contribution < -0.4 is 10.2 Å². The molecule has 1 fully saturated rings. The first-order chi connectivity index (χ1) is 18.2. The van der Waals surface area contributed by atoms with Crippen molar-refractivity contribution >= 4 is 34.0 Å². The summed E-state index contributed by atoms with van der Waals surface area (Å²) in [7, 11) is 0. The molecule has 5 rings (SSSR count). The second-order valence-corrected chi connectivity index (χ2v) is 10.5. The molecule has 0 spiro atoms. The summed E-state index contributed by atoms with van der Waals surface area (Å²) in [6.45, 7) is 9.92. The zero-order valence-electron chi connectivity index (χ0n) is 22.1. The van der Waals surface area contributed by atoms with Gasteiger partial charge >= 0.3 is 0 Å². The molecule has 1 aliphatic rings. The first-order valence-electron chi connectivity index (χ1n) is 13.0. The average molecular weight is 513 g/mol. The summed E-state index contributed by atoms with van der Waals surface area (Å²) in [5.74, 6) is 0.641. The molecular formula is C29H32N6O3. The summed E-state index contributed by atoms with van der Waals surface area (Å²) < 4.78 is 0. The zero-order chi connectivity index (χ0) is 27.0. The minimum Gasteiger partial charge on any atom is -0.366 e. The Morgan fingerprint density at radius 1 is 1.03 bits per heavy atom. The van der Waals surface area contributed by atoms with E-state index in [2.05, 4.69) is 48.4 Å². The van der Waals surface area contributed by atoms with E-state index in [1.54, 1.807) is 23.0 Å². The van der Waals surface area contributed by atoms with Gasteiger partial charge in [0.05, 0.1) is 10.6 Å². The number of nitro groups is 1. The van der Waals surface area contributed by atoms with E-state index in [0.717, 1.165) is 37.2 Å². The lowest BCUT2D eigenvalue weighted by atomic mass is 9.98. The molecule has 0 unspecified atom stereocenters. The average Bonchev–Trinajstić information content (AvgIpc) is 3.31. The highest BCUT2D eigenvalue weighted by molar-refractivity contribution is 6.06. The van der Waals surface area contributed by atoms with Crippen LogP contribution in [0.1, 0.15) is 61.0 Å². The molecule has 1 saturated heterocycles. The van der Waals surface area contributed by atoms with Crippen molar-refractivity contribution in [3.8, 4) is 5.69 Å². The number of aromatic nitrogens is 3. The van der Waals surface area contributed by atoms with Crippen LogP contribution in [0.2, 0.25) is 0 Å². The number of fused-ring (bicyclic) bond motifs is 1. The second kappa shape index (κ2) is 10.2. The molecule has 0 aliphatic carbocycles. The SMILES string of the molecule is Cc1cc2nn(-c3ccc(C(C)C)cc3)nc2cc1NC(=O)c1ccc(N2CCC(C)CC2)c([N+](=O)[O-])c1. The van der Waals surface area contributed by atoms with Gasteiger partial charge in [0.25, 0.3) is 11.6 Å². The van der Waals surface area contributed by atoms with Crippen LogP contribution in [0.3, 0.4) is 0 Å². The molecule has 0 radical (unpaired) electrons. The molecule has 1 amide bonds. The van der Waals surface area contributed by atoms with Gasteiger partial charge in [-0.2, -0.15) is 4.80 Å². The number of hydrogen-bond donors (Lipinski definition) is 1. The maximum Gasteiger partial charge on any atom is 0.293 e. The number of carbonyl (C=O) groups is 1. The van der Waals surface area contributed by atoms with E-state index < -0.39 is 10.8 Å². The van der Waals surface area contributed by atoms with E-state index in [-0.39, 0.29) is 11.3 Å². The number of aryl methyl sites for hydroxylation is 1. The molecule has 1 aromatic heterocycles. The Bertz CT molecular complexity index is 1500. The monoisotopic (exact) mass is 512 g/mol. The first kappa shape index (κ1) is 25.4. The van der Waals surface area contributed by atoms with Gasteiger partial charge in [0.1, 0.15) is 16.7 Å². The highest BCUT2D eigenvalue weighted by atomic mass is 16.6. The quantitative estimate of drug-likeness (QED) is 0.242. The van der Waals surface area contributed by atoms with Crippen LogP contribution in [-0.4, -0.2) is 38.9 Å². The van der Waals surface area contributed by atoms with Crippen LogP contribution in [0.25, 0.3) is 16.7 Å². The smallest absolute Gasteiger partial charge is 0.293 e. The Morgan fingerprint density at radius 2 is 1.68 bits per heavy atom. The third kappa shape index (κ3) is 5.09. The van der Waals surface area contributed by atoms with Crippen LogP contribution in [0.5, 0.6) is 0 Å². The molecule has 4 aromatic rings. The summed E-state index contributed by atoms with van der Waals surface area (Å²) in [5.41, 5.74) is 5.60. The fraction of sp³-hybridized carbons (Fsp3) is 0.345. The number of nitrogens with zero attached hydrogens (tertiary/aromatic N) is 5. The maximum absolute atomic E-state index is 13.1. The fourth-order valence-corrected chi connectivity index (χ4v) is 4.83. The highest BCUT2D eigenvalue weighted by Gasteiger charge is 2.25. The van der Waals surface area contributed by atoms with Gasteiger partial charge in [-0.05, 0) is 79.1 Å². The molecule has 2 heterocycles. The number of anilines is 2. The van der Waals surface area contributed by atoms with Gasteiger partial charge in [0.15, 0.2) is 0 Å². The van der Waals surface area contributed by atoms with Crippen molar-refractivity contribution in [2.24, 2.45) is 5.92 Å². The van der Waals surface area contributed by atoms with E-state index in [4.69, 9.17) is 0 Å². The maximum atomic E-state index is 13.1. The van der Waals surface area contributed by atoms with Gasteiger partial charge in [0.2, 0.25) is 0 Å². The van der Waals surface area contributed by atoms with E-state index in [1.807, 2.05) is 30.0 Å². The lowest BCUT2D eigenvalue weighted by Crippen LogP contribution is -2.33. The number of nitro benzene ring substituents is 1. The van der Waals surface area contributed by atoms with E-state index >= 15 is 0 Å². The van der Waals surface area contributed by atoms with E-state index in [1.165, 1.54) is 11.6 Å². The molecule has 196 valence electrons. The predicted molar refractivity (Wildman–Crippen MR) is 149 cm³/mol. The van der Waals surface area contributed by atoms with Crippen LogP contribution in [0, 0.1) is 23.0 Å². The topological polar surface area (TPSA) is 106 Å². The third-order valence-corrected chi connectivity index (χ3v) is 7.32. The summed E-state index contributed by atoms with van der Waals surface area (Å²) in [6.07, 6.45) is 1.99. The zero-order valence-corrected chi connectivity index (χ0v) is 22.1. The van der Waals surface area contributed by atoms with Gasteiger partial charge in [-0.1, -0.05) is 32.9 Å². The van der Waals surface area contributed by atoms with Crippen molar-refractivity contribution in [1.82, 2.24) is 15.0 Å². The van der Waals surface area contributed by atoms with Crippen molar-refractivity contribution < 1.29 is 9.72 Å². The fourth-order valence-electron chi connectivity index (χ4n) is 4.83. The number of benzene rings is 3. The molecule has 9 nitrogen and oxygen atoms in total. The summed E-state index contributed by atoms with van der Waals surface area (Å²) in [5, 5.41) is 24.0. The van der Waals surface area contributed by atoms with Crippen LogP contribution in [0.4, 0.5) is 17.1 Å². The third-order valence-electron chi connectivity index (χ3n) is 7.32. The molecule has 0 atom stereocenters. The molecule has 1 N–H and O–H groups in total. The molecule has 9 heteroatoms. The summed E-state index contributed by atoms with van der Waals surface area (Å²) in [6, 6.07) is 16.5. The lowest BCUT2D eigenvalue weighted by molar-refractivity contribution is -0.384. The molecular weight excluding hydrogens is 480 g/mol. The minimum atomic E-state index is -0.411. The standard InChI is InChI=1S/C29H32N6O3/c1-18(2)21-5-8-23(9-6-21)34-31-25-15-20(4)24(17-26(25)32-34)30-29(36)22-7-10-27(28(16-22)35(37)38)33-13-11-19(3)12-14-33/h5-10,15-19H,11-14H2,1-4H3,(H,30,36). The van der Waals surface area contributed by atoms with Gasteiger partial charge in [-0.25, -0.2) is 0 Å². The Hall–Kier alpha value is -4.27. The summed E-state index contributed by atoms with van der Waals surface area (Å²) >= 11 is 0.